The lowest BCUT2D eigenvalue weighted by Crippen LogP contribution is -2.08. The molecule has 0 heteroatoms. The van der Waals surface area contributed by atoms with Crippen molar-refractivity contribution in [3.05, 3.63) is 19.1 Å². The molecule has 0 saturated heterocycles. The van der Waals surface area contributed by atoms with E-state index in [0.717, 1.165) is 6.42 Å². The Morgan fingerprint density at radius 3 is 2.75 bits per heavy atom. The van der Waals surface area contributed by atoms with Gasteiger partial charge in [-0.05, 0) is 31.6 Å². The van der Waals surface area contributed by atoms with Crippen LogP contribution in [0.3, 0.4) is 0 Å². The fraction of sp³-hybridized carbons (Fsp3) is 0.625. The quantitative estimate of drug-likeness (QED) is 0.418. The van der Waals surface area contributed by atoms with Crippen LogP contribution in [0.25, 0.3) is 0 Å². The molecule has 1 aliphatic rings. The van der Waals surface area contributed by atoms with Crippen molar-refractivity contribution in [3.63, 3.8) is 0 Å². The van der Waals surface area contributed by atoms with E-state index in [9.17, 15) is 0 Å². The Hall–Kier alpha value is -0.260. The summed E-state index contributed by atoms with van der Waals surface area (Å²) in [7, 11) is 0. The molecule has 1 rings (SSSR count). The minimum absolute atomic E-state index is 0.417. The molecule has 0 nitrogen and oxygen atoms in total. The molecule has 0 amide bonds. The van der Waals surface area contributed by atoms with E-state index in [2.05, 4.69) is 19.1 Å². The highest BCUT2D eigenvalue weighted by Crippen LogP contribution is 2.22. The van der Waals surface area contributed by atoms with E-state index in [1.54, 1.807) is 0 Å². The molecule has 1 aliphatic carbocycles. The summed E-state index contributed by atoms with van der Waals surface area (Å²) in [4.78, 5) is 0. The molecule has 0 fully saturated rings. The first-order valence-corrected chi connectivity index (χ1v) is 3.23. The van der Waals surface area contributed by atoms with E-state index in [1.165, 1.54) is 6.42 Å². The van der Waals surface area contributed by atoms with E-state index in [-0.39, 0.29) is 0 Å². The third kappa shape index (κ3) is 1.12. The van der Waals surface area contributed by atoms with E-state index in [1.807, 2.05) is 0 Å². The maximum Gasteiger partial charge on any atom is -0.0231 e. The molecule has 0 heterocycles. The average Bonchev–Trinajstić information content (AvgIpc) is 1.77. The molecule has 0 N–H and O–H groups in total. The van der Waals surface area contributed by atoms with Gasteiger partial charge >= 0.3 is 0 Å². The molecule has 0 aliphatic heterocycles. The lowest BCUT2D eigenvalue weighted by Gasteiger charge is -2.18. The van der Waals surface area contributed by atoms with Gasteiger partial charge in [-0.15, -0.1) is 0 Å². The minimum atomic E-state index is 0.417. The summed E-state index contributed by atoms with van der Waals surface area (Å²) in [6, 6.07) is 0. The van der Waals surface area contributed by atoms with Gasteiger partial charge in [-0.25, -0.2) is 0 Å². The summed E-state index contributed by atoms with van der Waals surface area (Å²) in [6.45, 7) is 7.89. The van der Waals surface area contributed by atoms with Crippen molar-refractivity contribution in [3.8, 4) is 0 Å². The average molecular weight is 108 g/mol. The molecule has 0 aromatic heterocycles. The second-order valence-electron chi connectivity index (χ2n) is 2.53. The fourth-order valence-corrected chi connectivity index (χ4v) is 1.01. The molecule has 8 heavy (non-hydrogen) atoms. The van der Waals surface area contributed by atoms with Gasteiger partial charge in [-0.3, -0.25) is 0 Å². The molecular formula is C8H12. The first-order valence-electron chi connectivity index (χ1n) is 3.23. The van der Waals surface area contributed by atoms with Crippen molar-refractivity contribution in [2.75, 3.05) is 0 Å². The van der Waals surface area contributed by atoms with Crippen LogP contribution < -0.4 is 0 Å². The van der Waals surface area contributed by atoms with Gasteiger partial charge in [0.1, 0.15) is 0 Å². The van der Waals surface area contributed by atoms with Gasteiger partial charge in [0.05, 0.1) is 0 Å². The molecular weight excluding hydrogens is 96.1 g/mol. The first kappa shape index (κ1) is 5.87. The van der Waals surface area contributed by atoms with Crippen molar-refractivity contribution < 1.29 is 0 Å². The largest absolute Gasteiger partial charge is 0.0882 e. The summed E-state index contributed by atoms with van der Waals surface area (Å²) >= 11 is 0. The molecule has 0 aromatic carbocycles. The number of hydrogen-bond acceptors (Lipinski definition) is 0. The van der Waals surface area contributed by atoms with E-state index >= 15 is 0 Å². The van der Waals surface area contributed by atoms with Gasteiger partial charge in [-0.1, -0.05) is 19.1 Å². The van der Waals surface area contributed by atoms with Gasteiger partial charge in [0.2, 0.25) is 0 Å². The predicted molar refractivity (Wildman–Crippen MR) is 35.3 cm³/mol. The maximum atomic E-state index is 5.73. The predicted octanol–water partition coefficient (Wildman–Crippen LogP) is 2.30. The summed E-state index contributed by atoms with van der Waals surface area (Å²) in [5, 5.41) is 0. The van der Waals surface area contributed by atoms with Gasteiger partial charge in [0, 0.05) is 0 Å². The topological polar surface area (TPSA) is 0 Å². The Labute approximate surface area is 51.6 Å². The van der Waals surface area contributed by atoms with Crippen LogP contribution in [0.4, 0.5) is 0 Å². The van der Waals surface area contributed by atoms with Gasteiger partial charge in [0.25, 0.3) is 0 Å². The van der Waals surface area contributed by atoms with Crippen LogP contribution in [0.1, 0.15) is 19.8 Å². The fourth-order valence-electron chi connectivity index (χ4n) is 1.01. The number of hydrogen-bond donors (Lipinski definition) is 0. The Morgan fingerprint density at radius 2 is 2.38 bits per heavy atom. The van der Waals surface area contributed by atoms with Gasteiger partial charge < -0.3 is 0 Å². The van der Waals surface area contributed by atoms with Gasteiger partial charge in [0.15, 0.2) is 0 Å². The molecule has 44 valence electrons. The zero-order valence-corrected chi connectivity index (χ0v) is 5.30. The summed E-state index contributed by atoms with van der Waals surface area (Å²) < 4.78 is 0. The SMILES string of the molecule is [CH]C1CCC=CC1C. The zero-order valence-electron chi connectivity index (χ0n) is 5.30. The van der Waals surface area contributed by atoms with E-state index in [4.69, 9.17) is 6.92 Å². The third-order valence-corrected chi connectivity index (χ3v) is 1.78. The lowest BCUT2D eigenvalue weighted by atomic mass is 9.87. The summed E-state index contributed by atoms with van der Waals surface area (Å²) in [5.41, 5.74) is 0. The van der Waals surface area contributed by atoms with Crippen LogP contribution in [0.5, 0.6) is 0 Å². The molecule has 0 bridgehead atoms. The maximum absolute atomic E-state index is 5.73. The van der Waals surface area contributed by atoms with E-state index in [0.29, 0.717) is 11.8 Å². The second-order valence-corrected chi connectivity index (χ2v) is 2.53. The summed E-state index contributed by atoms with van der Waals surface area (Å²) in [5.74, 6) is 1.02. The van der Waals surface area contributed by atoms with Crippen LogP contribution in [-0.2, 0) is 0 Å². The number of allylic oxidation sites excluding steroid dienone is 2. The Balaban J connectivity index is 2.47. The van der Waals surface area contributed by atoms with Crippen molar-refractivity contribution in [1.82, 2.24) is 0 Å². The van der Waals surface area contributed by atoms with Crippen LogP contribution in [0.2, 0.25) is 0 Å². The third-order valence-electron chi connectivity index (χ3n) is 1.78. The Morgan fingerprint density at radius 1 is 1.62 bits per heavy atom. The number of rotatable bonds is 0. The van der Waals surface area contributed by atoms with Crippen molar-refractivity contribution in [2.45, 2.75) is 19.8 Å². The molecule has 2 atom stereocenters. The highest BCUT2D eigenvalue weighted by molar-refractivity contribution is 4.95. The highest BCUT2D eigenvalue weighted by atomic mass is 14.2. The van der Waals surface area contributed by atoms with Crippen molar-refractivity contribution >= 4 is 0 Å². The normalized spacial score (nSPS) is 37.8. The molecule has 0 spiro atoms. The van der Waals surface area contributed by atoms with Crippen molar-refractivity contribution in [2.24, 2.45) is 11.8 Å². The Bertz CT molecular complexity index is 92.2. The Kier molecular flexibility index (Phi) is 1.72. The molecule has 2 unspecified atom stereocenters. The van der Waals surface area contributed by atoms with Crippen molar-refractivity contribution in [1.29, 1.82) is 0 Å². The molecule has 0 saturated carbocycles. The van der Waals surface area contributed by atoms with E-state index < -0.39 is 0 Å². The minimum Gasteiger partial charge on any atom is -0.0882 e. The van der Waals surface area contributed by atoms with Crippen LogP contribution >= 0.6 is 0 Å². The standard InChI is InChI=1S/C8H12/c1-7-5-3-4-6-8(7)2/h1,4,6-8H,3,5H2,2H3. The molecule has 0 aromatic rings. The zero-order chi connectivity index (χ0) is 5.98. The van der Waals surface area contributed by atoms with Gasteiger partial charge in [-0.2, -0.15) is 0 Å². The summed E-state index contributed by atoms with van der Waals surface area (Å²) in [6.07, 6.45) is 6.76. The highest BCUT2D eigenvalue weighted by Gasteiger charge is 2.10. The monoisotopic (exact) mass is 108 g/mol. The van der Waals surface area contributed by atoms with Crippen LogP contribution in [0.15, 0.2) is 12.2 Å². The second kappa shape index (κ2) is 2.34. The molecule has 2 radical (unpaired) electrons. The smallest absolute Gasteiger partial charge is 0.0231 e. The van der Waals surface area contributed by atoms with Crippen LogP contribution in [0, 0.1) is 18.8 Å². The van der Waals surface area contributed by atoms with Crippen LogP contribution in [-0.4, -0.2) is 0 Å². The lowest BCUT2D eigenvalue weighted by molar-refractivity contribution is 0.456. The first-order chi connectivity index (χ1) is 3.80.